The standard InChI is InChI=1S/C15H15BrFNO/c1-15(10-19,11-4-2-5-12(16)8-11)18-14-7-3-6-13(17)9-14/h2-9,18-19H,10H2,1H3. The molecule has 2 aromatic rings. The van der Waals surface area contributed by atoms with Gasteiger partial charge >= 0.3 is 0 Å². The van der Waals surface area contributed by atoms with Crippen LogP contribution in [0.4, 0.5) is 10.1 Å². The van der Waals surface area contributed by atoms with E-state index in [1.54, 1.807) is 12.1 Å². The average Bonchev–Trinajstić information content (AvgIpc) is 2.38. The summed E-state index contributed by atoms with van der Waals surface area (Å²) in [5.74, 6) is -0.306. The van der Waals surface area contributed by atoms with Gasteiger partial charge in [-0.05, 0) is 42.8 Å². The zero-order valence-electron chi connectivity index (χ0n) is 10.5. The first-order chi connectivity index (χ1) is 9.03. The van der Waals surface area contributed by atoms with Crippen LogP contribution in [-0.2, 0) is 5.54 Å². The molecule has 0 saturated carbocycles. The number of aliphatic hydroxyl groups is 1. The highest BCUT2D eigenvalue weighted by Crippen LogP contribution is 2.28. The van der Waals surface area contributed by atoms with Crippen LogP contribution in [0.15, 0.2) is 53.0 Å². The Balaban J connectivity index is 2.32. The molecule has 1 unspecified atom stereocenters. The number of hydrogen-bond donors (Lipinski definition) is 2. The first kappa shape index (κ1) is 14.0. The van der Waals surface area contributed by atoms with Gasteiger partial charge in [0.1, 0.15) is 5.82 Å². The second-order valence-corrected chi connectivity index (χ2v) is 5.55. The topological polar surface area (TPSA) is 32.3 Å². The molecule has 4 heteroatoms. The molecule has 0 bridgehead atoms. The van der Waals surface area contributed by atoms with Crippen molar-refractivity contribution in [1.82, 2.24) is 0 Å². The van der Waals surface area contributed by atoms with Crippen molar-refractivity contribution in [2.24, 2.45) is 0 Å². The van der Waals surface area contributed by atoms with Gasteiger partial charge < -0.3 is 10.4 Å². The predicted octanol–water partition coefficient (Wildman–Crippen LogP) is 3.91. The minimum absolute atomic E-state index is 0.0973. The summed E-state index contributed by atoms with van der Waals surface area (Å²) in [6, 6.07) is 13.9. The third-order valence-corrected chi connectivity index (χ3v) is 3.52. The maximum atomic E-state index is 13.2. The van der Waals surface area contributed by atoms with Crippen LogP contribution < -0.4 is 5.32 Å². The molecule has 0 saturated heterocycles. The van der Waals surface area contributed by atoms with Crippen molar-refractivity contribution in [1.29, 1.82) is 0 Å². The third kappa shape index (κ3) is 3.33. The molecule has 100 valence electrons. The molecule has 0 fully saturated rings. The molecule has 0 aromatic heterocycles. The number of aliphatic hydroxyl groups excluding tert-OH is 1. The van der Waals surface area contributed by atoms with Crippen molar-refractivity contribution >= 4 is 21.6 Å². The molecule has 0 radical (unpaired) electrons. The molecule has 0 spiro atoms. The van der Waals surface area contributed by atoms with E-state index in [1.807, 2.05) is 31.2 Å². The second kappa shape index (κ2) is 5.72. The lowest BCUT2D eigenvalue weighted by atomic mass is 9.92. The van der Waals surface area contributed by atoms with Gasteiger partial charge in [-0.1, -0.05) is 34.1 Å². The van der Waals surface area contributed by atoms with E-state index in [4.69, 9.17) is 0 Å². The van der Waals surface area contributed by atoms with Crippen molar-refractivity contribution < 1.29 is 9.50 Å². The van der Waals surface area contributed by atoms with Crippen LogP contribution in [0.2, 0.25) is 0 Å². The van der Waals surface area contributed by atoms with Gasteiger partial charge in [-0.15, -0.1) is 0 Å². The van der Waals surface area contributed by atoms with Gasteiger partial charge in [-0.3, -0.25) is 0 Å². The summed E-state index contributed by atoms with van der Waals surface area (Å²) >= 11 is 3.41. The highest BCUT2D eigenvalue weighted by Gasteiger charge is 2.25. The van der Waals surface area contributed by atoms with Crippen LogP contribution >= 0.6 is 15.9 Å². The lowest BCUT2D eigenvalue weighted by molar-refractivity contribution is 0.224. The van der Waals surface area contributed by atoms with Gasteiger partial charge in [0.15, 0.2) is 0 Å². The van der Waals surface area contributed by atoms with E-state index in [9.17, 15) is 9.50 Å². The van der Waals surface area contributed by atoms with Crippen molar-refractivity contribution in [2.45, 2.75) is 12.5 Å². The second-order valence-electron chi connectivity index (χ2n) is 4.64. The molecule has 19 heavy (non-hydrogen) atoms. The predicted molar refractivity (Wildman–Crippen MR) is 78.6 cm³/mol. The molecule has 2 N–H and O–H groups in total. The van der Waals surface area contributed by atoms with Crippen LogP contribution in [0.5, 0.6) is 0 Å². The van der Waals surface area contributed by atoms with Crippen LogP contribution in [-0.4, -0.2) is 11.7 Å². The quantitative estimate of drug-likeness (QED) is 0.894. The highest BCUT2D eigenvalue weighted by atomic mass is 79.9. The summed E-state index contributed by atoms with van der Waals surface area (Å²) in [7, 11) is 0. The van der Waals surface area contributed by atoms with Gasteiger partial charge in [-0.2, -0.15) is 0 Å². The Bertz CT molecular complexity index is 576. The number of hydrogen-bond acceptors (Lipinski definition) is 2. The first-order valence-electron chi connectivity index (χ1n) is 5.94. The zero-order chi connectivity index (χ0) is 13.9. The van der Waals surface area contributed by atoms with Crippen molar-refractivity contribution in [3.05, 3.63) is 64.4 Å². The lowest BCUT2D eigenvalue weighted by Gasteiger charge is -2.30. The monoisotopic (exact) mass is 323 g/mol. The molecule has 0 amide bonds. The maximum Gasteiger partial charge on any atom is 0.125 e. The molecule has 0 aliphatic carbocycles. The number of benzene rings is 2. The Morgan fingerprint density at radius 1 is 1.21 bits per heavy atom. The van der Waals surface area contributed by atoms with Crippen molar-refractivity contribution in [2.75, 3.05) is 11.9 Å². The summed E-state index contributed by atoms with van der Waals surface area (Å²) < 4.78 is 14.1. The van der Waals surface area contributed by atoms with E-state index in [2.05, 4.69) is 21.2 Å². The summed E-state index contributed by atoms with van der Waals surface area (Å²) in [6.07, 6.45) is 0. The fourth-order valence-corrected chi connectivity index (χ4v) is 2.32. The first-order valence-corrected chi connectivity index (χ1v) is 6.73. The number of rotatable bonds is 4. The summed E-state index contributed by atoms with van der Waals surface area (Å²) in [4.78, 5) is 0. The fourth-order valence-electron chi connectivity index (χ4n) is 1.92. The maximum absolute atomic E-state index is 13.2. The van der Waals surface area contributed by atoms with E-state index in [0.717, 1.165) is 10.0 Å². The normalized spacial score (nSPS) is 13.9. The van der Waals surface area contributed by atoms with E-state index >= 15 is 0 Å². The van der Waals surface area contributed by atoms with Crippen molar-refractivity contribution in [3.63, 3.8) is 0 Å². The van der Waals surface area contributed by atoms with Gasteiger partial charge in [0.05, 0.1) is 12.1 Å². The Morgan fingerprint density at radius 3 is 2.58 bits per heavy atom. The SMILES string of the molecule is CC(CO)(Nc1cccc(F)c1)c1cccc(Br)c1. The van der Waals surface area contributed by atoms with Crippen LogP contribution in [0.25, 0.3) is 0 Å². The minimum Gasteiger partial charge on any atom is -0.394 e. The molecular formula is C15H15BrFNO. The summed E-state index contributed by atoms with van der Waals surface area (Å²) in [5, 5.41) is 12.9. The molecule has 0 heterocycles. The van der Waals surface area contributed by atoms with E-state index in [-0.39, 0.29) is 12.4 Å². The highest BCUT2D eigenvalue weighted by molar-refractivity contribution is 9.10. The molecule has 2 rings (SSSR count). The Morgan fingerprint density at radius 2 is 1.95 bits per heavy atom. The molecule has 0 aliphatic heterocycles. The largest absolute Gasteiger partial charge is 0.394 e. The van der Waals surface area contributed by atoms with Gasteiger partial charge in [0.25, 0.3) is 0 Å². The molecule has 2 nitrogen and oxygen atoms in total. The Labute approximate surface area is 120 Å². The van der Waals surface area contributed by atoms with Gasteiger partial charge in [0.2, 0.25) is 0 Å². The molecule has 1 atom stereocenters. The smallest absolute Gasteiger partial charge is 0.125 e. The molecule has 0 aliphatic rings. The van der Waals surface area contributed by atoms with Gasteiger partial charge in [0, 0.05) is 10.2 Å². The van der Waals surface area contributed by atoms with Gasteiger partial charge in [-0.25, -0.2) is 4.39 Å². The third-order valence-electron chi connectivity index (χ3n) is 3.02. The average molecular weight is 324 g/mol. The van der Waals surface area contributed by atoms with Crippen LogP contribution in [0.1, 0.15) is 12.5 Å². The Hall–Kier alpha value is -1.39. The summed E-state index contributed by atoms with van der Waals surface area (Å²) in [5.41, 5.74) is 0.891. The van der Waals surface area contributed by atoms with E-state index in [1.165, 1.54) is 12.1 Å². The number of anilines is 1. The Kier molecular flexibility index (Phi) is 4.22. The number of halogens is 2. The van der Waals surface area contributed by atoms with E-state index < -0.39 is 5.54 Å². The number of nitrogens with one attached hydrogen (secondary N) is 1. The summed E-state index contributed by atoms with van der Waals surface area (Å²) in [6.45, 7) is 1.78. The lowest BCUT2D eigenvalue weighted by Crippen LogP contribution is -2.35. The van der Waals surface area contributed by atoms with Crippen LogP contribution in [0, 0.1) is 5.82 Å². The van der Waals surface area contributed by atoms with Crippen molar-refractivity contribution in [3.8, 4) is 0 Å². The molecule has 2 aromatic carbocycles. The fraction of sp³-hybridized carbons (Fsp3) is 0.200. The zero-order valence-corrected chi connectivity index (χ0v) is 12.1. The molecular weight excluding hydrogens is 309 g/mol. The minimum atomic E-state index is -0.669. The van der Waals surface area contributed by atoms with Crippen LogP contribution in [0.3, 0.4) is 0 Å². The van der Waals surface area contributed by atoms with E-state index in [0.29, 0.717) is 5.69 Å².